The molecule has 0 amide bonds. The molecule has 1 unspecified atom stereocenters. The second-order valence-corrected chi connectivity index (χ2v) is 6.52. The Morgan fingerprint density at radius 3 is 2.82 bits per heavy atom. The van der Waals surface area contributed by atoms with Crippen molar-refractivity contribution in [1.29, 1.82) is 0 Å². The van der Waals surface area contributed by atoms with Crippen LogP contribution in [0.1, 0.15) is 38.5 Å². The number of nitrogens with two attached hydrogens (primary N) is 1. The summed E-state index contributed by atoms with van der Waals surface area (Å²) in [7, 11) is 0. The Hall–Kier alpha value is -0.820. The number of anilines is 1. The summed E-state index contributed by atoms with van der Waals surface area (Å²) in [5, 5.41) is 21.0. The van der Waals surface area contributed by atoms with Gasteiger partial charge in [-0.15, -0.1) is 10.2 Å². The minimum atomic E-state index is 0.215. The van der Waals surface area contributed by atoms with Crippen molar-refractivity contribution in [2.45, 2.75) is 48.1 Å². The molecule has 1 aliphatic rings. The highest BCUT2D eigenvalue weighted by molar-refractivity contribution is 8.02. The summed E-state index contributed by atoms with van der Waals surface area (Å²) in [5.74, 6) is 0. The largest absolute Gasteiger partial charge is 0.411 e. The molecule has 1 saturated carbocycles. The average Bonchev–Trinajstić information content (AvgIpc) is 2.69. The van der Waals surface area contributed by atoms with Crippen LogP contribution in [0.2, 0.25) is 0 Å². The van der Waals surface area contributed by atoms with Gasteiger partial charge in [-0.3, -0.25) is 0 Å². The van der Waals surface area contributed by atoms with Gasteiger partial charge < -0.3 is 10.9 Å². The smallest absolute Gasteiger partial charge is 0.203 e. The summed E-state index contributed by atoms with van der Waals surface area (Å²) in [6, 6.07) is 0. The summed E-state index contributed by atoms with van der Waals surface area (Å²) in [6.45, 7) is 0. The molecule has 1 aromatic rings. The van der Waals surface area contributed by atoms with Gasteiger partial charge in [-0.1, -0.05) is 47.5 Å². The molecule has 0 bridgehead atoms. The van der Waals surface area contributed by atoms with Crippen LogP contribution in [0.4, 0.5) is 5.13 Å². The summed E-state index contributed by atoms with van der Waals surface area (Å²) in [6.07, 6.45) is 6.67. The molecule has 0 saturated heterocycles. The minimum absolute atomic E-state index is 0.215. The maximum atomic E-state index is 9.08. The molecule has 1 fully saturated rings. The van der Waals surface area contributed by atoms with Gasteiger partial charge in [0, 0.05) is 0 Å². The van der Waals surface area contributed by atoms with E-state index in [0.29, 0.717) is 5.13 Å². The van der Waals surface area contributed by atoms with Crippen molar-refractivity contribution in [2.24, 2.45) is 5.16 Å². The summed E-state index contributed by atoms with van der Waals surface area (Å²) < 4.78 is 0.856. The van der Waals surface area contributed by atoms with Gasteiger partial charge >= 0.3 is 0 Å². The van der Waals surface area contributed by atoms with Crippen LogP contribution in [0.3, 0.4) is 0 Å². The number of hydrogen-bond donors (Lipinski definition) is 2. The van der Waals surface area contributed by atoms with Gasteiger partial charge in [-0.25, -0.2) is 0 Å². The van der Waals surface area contributed by atoms with E-state index in [1.54, 1.807) is 11.8 Å². The Labute approximate surface area is 108 Å². The quantitative estimate of drug-likeness (QED) is 0.639. The van der Waals surface area contributed by atoms with Crippen LogP contribution in [0.5, 0.6) is 0 Å². The third-order valence-electron chi connectivity index (χ3n) is 2.81. The van der Waals surface area contributed by atoms with E-state index in [2.05, 4.69) is 15.4 Å². The molecular weight excluding hydrogens is 256 g/mol. The fraction of sp³-hybridized carbons (Fsp3) is 0.700. The van der Waals surface area contributed by atoms with Gasteiger partial charge in [0.05, 0.1) is 11.0 Å². The number of nitrogens with zero attached hydrogens (tertiary/aromatic N) is 3. The molecule has 3 N–H and O–H groups in total. The first-order valence-electron chi connectivity index (χ1n) is 5.76. The SMILES string of the molecule is Nc1nnc(SC2CCCCCC/C2=N/O)s1. The number of aromatic nitrogens is 2. The predicted octanol–water partition coefficient (Wildman–Crippen LogP) is 2.77. The molecule has 5 nitrogen and oxygen atoms in total. The number of hydrogen-bond acceptors (Lipinski definition) is 7. The van der Waals surface area contributed by atoms with E-state index in [-0.39, 0.29) is 5.25 Å². The monoisotopic (exact) mass is 272 g/mol. The fourth-order valence-electron chi connectivity index (χ4n) is 1.95. The zero-order chi connectivity index (χ0) is 12.1. The molecule has 0 spiro atoms. The number of rotatable bonds is 2. The van der Waals surface area contributed by atoms with Crippen LogP contribution < -0.4 is 5.73 Å². The van der Waals surface area contributed by atoms with Gasteiger partial charge in [-0.05, 0) is 19.3 Å². The molecule has 1 atom stereocenters. The maximum absolute atomic E-state index is 9.08. The molecule has 0 aliphatic heterocycles. The topological polar surface area (TPSA) is 84.4 Å². The van der Waals surface area contributed by atoms with E-state index < -0.39 is 0 Å². The van der Waals surface area contributed by atoms with E-state index in [0.717, 1.165) is 29.3 Å². The van der Waals surface area contributed by atoms with Crippen molar-refractivity contribution in [3.63, 3.8) is 0 Å². The molecule has 17 heavy (non-hydrogen) atoms. The molecule has 1 aliphatic carbocycles. The van der Waals surface area contributed by atoms with Gasteiger partial charge in [0.1, 0.15) is 0 Å². The molecule has 1 aromatic heterocycles. The molecule has 94 valence electrons. The van der Waals surface area contributed by atoms with Crippen molar-refractivity contribution < 1.29 is 5.21 Å². The van der Waals surface area contributed by atoms with Crippen molar-refractivity contribution in [2.75, 3.05) is 5.73 Å². The highest BCUT2D eigenvalue weighted by Gasteiger charge is 2.21. The zero-order valence-corrected chi connectivity index (χ0v) is 11.1. The molecule has 2 rings (SSSR count). The first-order chi connectivity index (χ1) is 8.29. The number of nitrogen functional groups attached to an aromatic ring is 1. The standard InChI is InChI=1S/C10H16N4OS2/c11-9-12-13-10(17-9)16-8-6-4-2-1-3-5-7(8)14-15/h8,15H,1-6H2,(H2,11,12)/b14-7-. The van der Waals surface area contributed by atoms with E-state index in [1.807, 2.05) is 0 Å². The van der Waals surface area contributed by atoms with E-state index in [4.69, 9.17) is 10.9 Å². The fourth-order valence-corrected chi connectivity index (χ4v) is 4.00. The first-order valence-corrected chi connectivity index (χ1v) is 7.45. The lowest BCUT2D eigenvalue weighted by Crippen LogP contribution is -2.19. The maximum Gasteiger partial charge on any atom is 0.203 e. The van der Waals surface area contributed by atoms with E-state index in [1.165, 1.54) is 30.6 Å². The predicted molar refractivity (Wildman–Crippen MR) is 70.9 cm³/mol. The zero-order valence-electron chi connectivity index (χ0n) is 9.50. The molecular formula is C10H16N4OS2. The Bertz CT molecular complexity index is 393. The van der Waals surface area contributed by atoms with Crippen LogP contribution in [-0.4, -0.2) is 26.4 Å². The number of thioether (sulfide) groups is 1. The lowest BCUT2D eigenvalue weighted by molar-refractivity contribution is 0.315. The summed E-state index contributed by atoms with van der Waals surface area (Å²) >= 11 is 3.00. The molecule has 1 heterocycles. The molecule has 7 heteroatoms. The Kier molecular flexibility index (Phi) is 4.61. The van der Waals surface area contributed by atoms with Crippen LogP contribution in [-0.2, 0) is 0 Å². The number of oxime groups is 1. The van der Waals surface area contributed by atoms with Crippen molar-refractivity contribution in [3.05, 3.63) is 0 Å². The van der Waals surface area contributed by atoms with Crippen LogP contribution in [0.25, 0.3) is 0 Å². The van der Waals surface area contributed by atoms with Gasteiger partial charge in [0.2, 0.25) is 5.13 Å². The van der Waals surface area contributed by atoms with Crippen molar-refractivity contribution >= 4 is 33.9 Å². The second-order valence-electron chi connectivity index (χ2n) is 4.06. The Balaban J connectivity index is 2.04. The van der Waals surface area contributed by atoms with Crippen LogP contribution >= 0.6 is 23.1 Å². The third kappa shape index (κ3) is 3.57. The second kappa shape index (κ2) is 6.20. The van der Waals surface area contributed by atoms with Crippen molar-refractivity contribution in [3.8, 4) is 0 Å². The normalized spacial score (nSPS) is 24.5. The van der Waals surface area contributed by atoms with Gasteiger partial charge in [0.15, 0.2) is 4.34 Å². The van der Waals surface area contributed by atoms with E-state index >= 15 is 0 Å². The summed E-state index contributed by atoms with van der Waals surface area (Å²) in [4.78, 5) is 0. The molecule has 0 aromatic carbocycles. The van der Waals surface area contributed by atoms with Crippen molar-refractivity contribution in [1.82, 2.24) is 10.2 Å². The van der Waals surface area contributed by atoms with Crippen LogP contribution in [0, 0.1) is 0 Å². The molecule has 0 radical (unpaired) electrons. The highest BCUT2D eigenvalue weighted by Crippen LogP contribution is 2.33. The highest BCUT2D eigenvalue weighted by atomic mass is 32.2. The summed E-state index contributed by atoms with van der Waals surface area (Å²) in [5.41, 5.74) is 6.44. The first kappa shape index (κ1) is 12.6. The van der Waals surface area contributed by atoms with E-state index in [9.17, 15) is 0 Å². The van der Waals surface area contributed by atoms with Crippen LogP contribution in [0.15, 0.2) is 9.50 Å². The lowest BCUT2D eigenvalue weighted by Gasteiger charge is -2.18. The average molecular weight is 272 g/mol. The third-order valence-corrected chi connectivity index (χ3v) is 4.98. The minimum Gasteiger partial charge on any atom is -0.411 e. The van der Waals surface area contributed by atoms with Gasteiger partial charge in [-0.2, -0.15) is 0 Å². The Morgan fingerprint density at radius 2 is 2.12 bits per heavy atom. The van der Waals surface area contributed by atoms with Gasteiger partial charge in [0.25, 0.3) is 0 Å². The lowest BCUT2D eigenvalue weighted by atomic mass is 9.99. The Morgan fingerprint density at radius 1 is 1.29 bits per heavy atom.